The zero-order valence-corrected chi connectivity index (χ0v) is 13.8. The van der Waals surface area contributed by atoms with Crippen molar-refractivity contribution in [2.45, 2.75) is 37.8 Å². The molecule has 2 N–H and O–H groups in total. The van der Waals surface area contributed by atoms with E-state index in [-0.39, 0.29) is 17.6 Å². The molecular formula is C19H19N5O. The molecule has 0 spiro atoms. The van der Waals surface area contributed by atoms with Crippen LogP contribution in [-0.2, 0) is 0 Å². The van der Waals surface area contributed by atoms with Crippen molar-refractivity contribution in [1.82, 2.24) is 14.8 Å². The van der Waals surface area contributed by atoms with Gasteiger partial charge in [-0.3, -0.25) is 9.48 Å². The molecule has 126 valence electrons. The number of aromatic nitrogens is 3. The molecule has 1 aliphatic carbocycles. The number of rotatable bonds is 3. The van der Waals surface area contributed by atoms with Crippen LogP contribution in [0.2, 0.25) is 0 Å². The maximum absolute atomic E-state index is 12.4. The molecule has 4 rings (SSSR count). The third kappa shape index (κ3) is 2.78. The number of aromatic amines is 1. The summed E-state index contributed by atoms with van der Waals surface area (Å²) < 4.78 is 1.89. The van der Waals surface area contributed by atoms with E-state index in [1.165, 1.54) is 0 Å². The molecule has 1 aromatic carbocycles. The van der Waals surface area contributed by atoms with E-state index in [0.29, 0.717) is 11.2 Å². The van der Waals surface area contributed by atoms with E-state index in [2.05, 4.69) is 15.1 Å². The second kappa shape index (κ2) is 6.44. The van der Waals surface area contributed by atoms with Crippen molar-refractivity contribution in [2.75, 3.05) is 5.32 Å². The van der Waals surface area contributed by atoms with Crippen LogP contribution in [0.1, 0.15) is 31.7 Å². The number of para-hydroxylation sites is 1. The van der Waals surface area contributed by atoms with E-state index in [1.807, 2.05) is 41.1 Å². The largest absolute Gasteiger partial charge is 0.338 e. The van der Waals surface area contributed by atoms with Gasteiger partial charge in [-0.1, -0.05) is 24.6 Å². The number of hydrogen-bond donors (Lipinski definition) is 2. The van der Waals surface area contributed by atoms with Crippen molar-refractivity contribution in [3.63, 3.8) is 0 Å². The Bertz CT molecular complexity index is 982. The average molecular weight is 333 g/mol. The van der Waals surface area contributed by atoms with E-state index < -0.39 is 0 Å². The van der Waals surface area contributed by atoms with Crippen LogP contribution in [0.3, 0.4) is 0 Å². The van der Waals surface area contributed by atoms with Crippen molar-refractivity contribution >= 4 is 22.4 Å². The first kappa shape index (κ1) is 15.5. The second-order valence-electron chi connectivity index (χ2n) is 6.40. The minimum absolute atomic E-state index is 0.0156. The van der Waals surface area contributed by atoms with Crippen molar-refractivity contribution < 1.29 is 0 Å². The first-order chi connectivity index (χ1) is 12.3. The summed E-state index contributed by atoms with van der Waals surface area (Å²) in [5, 5.41) is 8.50. The molecular weight excluding hydrogens is 314 g/mol. The lowest BCUT2D eigenvalue weighted by molar-refractivity contribution is 0.321. The minimum atomic E-state index is -0.169. The Balaban J connectivity index is 1.84. The van der Waals surface area contributed by atoms with Gasteiger partial charge in [0, 0.05) is 18.3 Å². The number of pyridine rings is 1. The molecule has 0 bridgehead atoms. The van der Waals surface area contributed by atoms with Crippen LogP contribution in [0, 0.1) is 6.57 Å². The molecule has 0 radical (unpaired) electrons. The van der Waals surface area contributed by atoms with Gasteiger partial charge in [0.05, 0.1) is 5.52 Å². The number of H-pyrrole nitrogens is 1. The van der Waals surface area contributed by atoms with Crippen molar-refractivity contribution in [3.05, 3.63) is 64.4 Å². The van der Waals surface area contributed by atoms with Crippen molar-refractivity contribution in [2.24, 2.45) is 0 Å². The summed E-state index contributed by atoms with van der Waals surface area (Å²) in [5.74, 6) is 0.539. The molecule has 3 aromatic rings. The molecule has 2 unspecified atom stereocenters. The Hall–Kier alpha value is -3.07. The van der Waals surface area contributed by atoms with Crippen LogP contribution < -0.4 is 10.9 Å². The molecule has 1 saturated carbocycles. The van der Waals surface area contributed by atoms with Crippen molar-refractivity contribution in [3.8, 4) is 0 Å². The summed E-state index contributed by atoms with van der Waals surface area (Å²) >= 11 is 0. The maximum Gasteiger partial charge on any atom is 0.261 e. The van der Waals surface area contributed by atoms with Crippen LogP contribution in [0.25, 0.3) is 15.7 Å². The Morgan fingerprint density at radius 3 is 2.80 bits per heavy atom. The van der Waals surface area contributed by atoms with Gasteiger partial charge in [0.1, 0.15) is 11.4 Å². The van der Waals surface area contributed by atoms with Gasteiger partial charge >= 0.3 is 0 Å². The van der Waals surface area contributed by atoms with Gasteiger partial charge in [0.15, 0.2) is 5.82 Å². The highest BCUT2D eigenvalue weighted by atomic mass is 16.1. The van der Waals surface area contributed by atoms with E-state index in [0.717, 1.165) is 36.9 Å². The molecule has 1 fully saturated rings. The second-order valence-corrected chi connectivity index (χ2v) is 6.40. The van der Waals surface area contributed by atoms with E-state index >= 15 is 0 Å². The predicted octanol–water partition coefficient (Wildman–Crippen LogP) is 3.87. The summed E-state index contributed by atoms with van der Waals surface area (Å²) in [6, 6.07) is 11.5. The van der Waals surface area contributed by atoms with Crippen molar-refractivity contribution in [1.29, 1.82) is 0 Å². The van der Waals surface area contributed by atoms with Crippen LogP contribution in [0.5, 0.6) is 0 Å². The fourth-order valence-corrected chi connectivity index (χ4v) is 3.63. The topological polar surface area (TPSA) is 67.1 Å². The van der Waals surface area contributed by atoms with E-state index in [1.54, 1.807) is 6.20 Å². The van der Waals surface area contributed by atoms with E-state index in [9.17, 15) is 4.79 Å². The molecule has 2 aromatic heterocycles. The molecule has 2 atom stereocenters. The summed E-state index contributed by atoms with van der Waals surface area (Å²) in [5.41, 5.74) is 1.49. The smallest absolute Gasteiger partial charge is 0.261 e. The number of hydrogen-bond acceptors (Lipinski definition) is 3. The molecule has 0 aliphatic heterocycles. The first-order valence-electron chi connectivity index (χ1n) is 8.56. The number of nitrogens with one attached hydrogen (secondary N) is 2. The third-order valence-corrected chi connectivity index (χ3v) is 4.84. The Kier molecular flexibility index (Phi) is 3.98. The normalized spacial score (nSPS) is 20.3. The number of nitrogens with zero attached hydrogens (tertiary/aromatic N) is 3. The Labute approximate surface area is 145 Å². The van der Waals surface area contributed by atoms with Gasteiger partial charge in [-0.15, -0.1) is 0 Å². The van der Waals surface area contributed by atoms with Gasteiger partial charge < -0.3 is 15.1 Å². The number of benzene rings is 1. The molecule has 6 heteroatoms. The number of anilines is 2. The number of fused-ring (bicyclic) bond motifs is 1. The highest BCUT2D eigenvalue weighted by Crippen LogP contribution is 2.34. The fraction of sp³-hybridized carbons (Fsp3) is 0.316. The van der Waals surface area contributed by atoms with Gasteiger partial charge in [0.25, 0.3) is 5.56 Å². The average Bonchev–Trinajstić information content (AvgIpc) is 3.02. The highest BCUT2D eigenvalue weighted by molar-refractivity contribution is 5.91. The summed E-state index contributed by atoms with van der Waals surface area (Å²) in [7, 11) is 0. The Morgan fingerprint density at radius 1 is 1.20 bits per heavy atom. The minimum Gasteiger partial charge on any atom is -0.338 e. The van der Waals surface area contributed by atoms with Gasteiger partial charge in [-0.25, -0.2) is 6.57 Å². The third-order valence-electron chi connectivity index (χ3n) is 4.84. The summed E-state index contributed by atoms with van der Waals surface area (Å²) in [4.78, 5) is 19.0. The maximum atomic E-state index is 12.4. The summed E-state index contributed by atoms with van der Waals surface area (Å²) in [6.07, 6.45) is 5.62. The fourth-order valence-electron chi connectivity index (χ4n) is 3.63. The van der Waals surface area contributed by atoms with Gasteiger partial charge in [-0.05, 0) is 31.0 Å². The van der Waals surface area contributed by atoms with Gasteiger partial charge in [0.2, 0.25) is 6.04 Å². The zero-order chi connectivity index (χ0) is 17.2. The molecule has 6 nitrogen and oxygen atoms in total. The lowest BCUT2D eigenvalue weighted by Crippen LogP contribution is -2.26. The zero-order valence-electron chi connectivity index (χ0n) is 13.8. The molecule has 1 aliphatic rings. The van der Waals surface area contributed by atoms with Gasteiger partial charge in [-0.2, -0.15) is 5.10 Å². The van der Waals surface area contributed by atoms with Crippen LogP contribution in [0.4, 0.5) is 11.5 Å². The monoisotopic (exact) mass is 333 g/mol. The Morgan fingerprint density at radius 2 is 2.00 bits per heavy atom. The molecule has 0 saturated heterocycles. The van der Waals surface area contributed by atoms with E-state index in [4.69, 9.17) is 11.7 Å². The van der Waals surface area contributed by atoms with Crippen LogP contribution in [0.15, 0.2) is 47.4 Å². The standard InChI is InChI=1S/C19H19N5O/c1-20-14-9-5-6-10-15(14)24-16-11-12-21-19(25)17(16)18(23-24)22-13-7-3-2-4-8-13/h2-4,7-8,11-12,14-15H,5-6,9-10H2,(H,21,25)(H,22,23). The molecule has 0 amide bonds. The lowest BCUT2D eigenvalue weighted by Gasteiger charge is -2.24. The first-order valence-corrected chi connectivity index (χ1v) is 8.56. The van der Waals surface area contributed by atoms with Crippen LogP contribution >= 0.6 is 0 Å². The SMILES string of the molecule is [C-]#[N+]C1CCCCC1n1nc(Nc2ccccc2)c2c(=O)[nH]ccc21. The lowest BCUT2D eigenvalue weighted by atomic mass is 9.91. The predicted molar refractivity (Wildman–Crippen MR) is 98.0 cm³/mol. The van der Waals surface area contributed by atoms with Crippen LogP contribution in [-0.4, -0.2) is 20.8 Å². The summed E-state index contributed by atoms with van der Waals surface area (Å²) in [6.45, 7) is 7.51. The molecule has 2 heterocycles. The quantitative estimate of drug-likeness (QED) is 0.715. The molecule has 25 heavy (non-hydrogen) atoms. The highest BCUT2D eigenvalue weighted by Gasteiger charge is 2.33.